The minimum Gasteiger partial charge on any atom is -0.353 e. The maximum Gasteiger partial charge on any atom is 0.154 e. The van der Waals surface area contributed by atoms with Gasteiger partial charge in [-0.2, -0.15) is 0 Å². The van der Waals surface area contributed by atoms with Gasteiger partial charge in [-0.05, 0) is 25.7 Å². The Labute approximate surface area is 90.3 Å². The van der Waals surface area contributed by atoms with Crippen LogP contribution >= 0.6 is 0 Å². The van der Waals surface area contributed by atoms with E-state index in [2.05, 4.69) is 5.32 Å². The molecular formula is C10H17NO3S. The topological polar surface area (TPSA) is 55.4 Å². The van der Waals surface area contributed by atoms with Gasteiger partial charge in [0.1, 0.15) is 5.72 Å². The summed E-state index contributed by atoms with van der Waals surface area (Å²) < 4.78 is 29.1. The molecule has 3 rings (SSSR count). The fourth-order valence-electron chi connectivity index (χ4n) is 2.98. The van der Waals surface area contributed by atoms with Gasteiger partial charge in [-0.3, -0.25) is 5.32 Å². The lowest BCUT2D eigenvalue weighted by Gasteiger charge is -2.51. The maximum absolute atomic E-state index is 11.5. The molecule has 1 unspecified atom stereocenters. The van der Waals surface area contributed by atoms with E-state index in [9.17, 15) is 8.42 Å². The molecule has 1 N–H and O–H groups in total. The molecule has 0 aromatic carbocycles. The molecule has 2 heterocycles. The fraction of sp³-hybridized carbons (Fsp3) is 1.00. The SMILES string of the molecule is O=S1(=O)CCC2(C1)NCCC1(CCC1)O2. The van der Waals surface area contributed by atoms with Crippen LogP contribution in [0.2, 0.25) is 0 Å². The van der Waals surface area contributed by atoms with Gasteiger partial charge in [0.05, 0.1) is 17.1 Å². The zero-order valence-electron chi connectivity index (χ0n) is 8.79. The molecule has 1 saturated carbocycles. The summed E-state index contributed by atoms with van der Waals surface area (Å²) in [6, 6.07) is 0. The maximum atomic E-state index is 11.5. The van der Waals surface area contributed by atoms with Gasteiger partial charge in [0.15, 0.2) is 9.84 Å². The highest BCUT2D eigenvalue weighted by Crippen LogP contribution is 2.45. The van der Waals surface area contributed by atoms with Crippen LogP contribution in [0.3, 0.4) is 0 Å². The molecule has 0 amide bonds. The zero-order chi connectivity index (χ0) is 10.6. The number of sulfone groups is 1. The number of hydrogen-bond acceptors (Lipinski definition) is 4. The van der Waals surface area contributed by atoms with Crippen molar-refractivity contribution in [3.63, 3.8) is 0 Å². The summed E-state index contributed by atoms with van der Waals surface area (Å²) in [4.78, 5) is 0. The Balaban J connectivity index is 1.82. The van der Waals surface area contributed by atoms with Crippen LogP contribution in [0.1, 0.15) is 32.1 Å². The molecule has 5 heteroatoms. The number of nitrogens with one attached hydrogen (secondary N) is 1. The molecule has 1 aliphatic carbocycles. The highest BCUT2D eigenvalue weighted by Gasteiger charge is 2.53. The van der Waals surface area contributed by atoms with E-state index in [1.54, 1.807) is 0 Å². The molecule has 1 atom stereocenters. The molecular weight excluding hydrogens is 214 g/mol. The van der Waals surface area contributed by atoms with Crippen LogP contribution in [0.15, 0.2) is 0 Å². The van der Waals surface area contributed by atoms with E-state index in [0.29, 0.717) is 6.42 Å². The Kier molecular flexibility index (Phi) is 1.98. The number of rotatable bonds is 0. The van der Waals surface area contributed by atoms with Crippen LogP contribution in [0.25, 0.3) is 0 Å². The second kappa shape index (κ2) is 2.96. The minimum absolute atomic E-state index is 0.0190. The number of ether oxygens (including phenoxy) is 1. The average molecular weight is 231 g/mol. The third kappa shape index (κ3) is 1.61. The van der Waals surface area contributed by atoms with Crippen molar-refractivity contribution in [2.75, 3.05) is 18.1 Å². The van der Waals surface area contributed by atoms with Gasteiger partial charge in [0, 0.05) is 13.0 Å². The average Bonchev–Trinajstić information content (AvgIpc) is 2.39. The summed E-state index contributed by atoms with van der Waals surface area (Å²) >= 11 is 0. The lowest BCUT2D eigenvalue weighted by atomic mass is 9.76. The molecule has 0 aromatic heterocycles. The first-order valence-corrected chi connectivity index (χ1v) is 7.51. The van der Waals surface area contributed by atoms with Gasteiger partial charge in [-0.1, -0.05) is 0 Å². The van der Waals surface area contributed by atoms with Gasteiger partial charge in [0.25, 0.3) is 0 Å². The van der Waals surface area contributed by atoms with Crippen LogP contribution < -0.4 is 5.32 Å². The first-order valence-electron chi connectivity index (χ1n) is 5.69. The van der Waals surface area contributed by atoms with Crippen molar-refractivity contribution in [1.82, 2.24) is 5.32 Å². The van der Waals surface area contributed by atoms with Crippen molar-refractivity contribution in [1.29, 1.82) is 0 Å². The van der Waals surface area contributed by atoms with E-state index >= 15 is 0 Å². The summed E-state index contributed by atoms with van der Waals surface area (Å²) in [7, 11) is -2.88. The molecule has 0 radical (unpaired) electrons. The van der Waals surface area contributed by atoms with Gasteiger partial charge < -0.3 is 4.74 Å². The molecule has 0 aromatic rings. The Hall–Kier alpha value is -0.130. The van der Waals surface area contributed by atoms with Crippen LogP contribution in [-0.4, -0.2) is 37.8 Å². The van der Waals surface area contributed by atoms with Crippen molar-refractivity contribution >= 4 is 9.84 Å². The molecule has 3 fully saturated rings. The summed E-state index contributed by atoms with van der Waals surface area (Å²) in [5.74, 6) is 0.442. The monoisotopic (exact) mass is 231 g/mol. The van der Waals surface area contributed by atoms with Crippen LogP contribution in [0.5, 0.6) is 0 Å². The Morgan fingerprint density at radius 2 is 1.93 bits per heavy atom. The Morgan fingerprint density at radius 3 is 2.47 bits per heavy atom. The van der Waals surface area contributed by atoms with Crippen molar-refractivity contribution in [3.8, 4) is 0 Å². The fourth-order valence-corrected chi connectivity index (χ4v) is 4.78. The smallest absolute Gasteiger partial charge is 0.154 e. The van der Waals surface area contributed by atoms with Gasteiger partial charge in [-0.25, -0.2) is 8.42 Å². The number of hydrogen-bond donors (Lipinski definition) is 1. The van der Waals surface area contributed by atoms with Gasteiger partial charge in [0.2, 0.25) is 0 Å². The van der Waals surface area contributed by atoms with Crippen molar-refractivity contribution in [2.24, 2.45) is 0 Å². The first kappa shape index (κ1) is 10.1. The Morgan fingerprint density at radius 1 is 1.13 bits per heavy atom. The summed E-state index contributed by atoms with van der Waals surface area (Å²) in [6.45, 7) is 0.898. The molecule has 15 heavy (non-hydrogen) atoms. The quantitative estimate of drug-likeness (QED) is 0.657. The van der Waals surface area contributed by atoms with E-state index in [1.807, 2.05) is 0 Å². The standard InChI is InChI=1S/C10H17NO3S/c12-15(13)7-5-10(8-15)11-6-4-9(14-10)2-1-3-9/h11H,1-8H2. The molecule has 0 bridgehead atoms. The highest BCUT2D eigenvalue weighted by molar-refractivity contribution is 7.91. The van der Waals surface area contributed by atoms with E-state index in [0.717, 1.165) is 25.8 Å². The summed E-state index contributed by atoms with van der Waals surface area (Å²) in [6.07, 6.45) is 5.10. The normalized spacial score (nSPS) is 41.9. The summed E-state index contributed by atoms with van der Waals surface area (Å²) in [5, 5.41) is 3.27. The van der Waals surface area contributed by atoms with Gasteiger partial charge in [-0.15, -0.1) is 0 Å². The van der Waals surface area contributed by atoms with Crippen LogP contribution in [-0.2, 0) is 14.6 Å². The van der Waals surface area contributed by atoms with Crippen LogP contribution in [0.4, 0.5) is 0 Å². The minimum atomic E-state index is -2.88. The molecule has 3 aliphatic rings. The van der Waals surface area contributed by atoms with E-state index < -0.39 is 15.6 Å². The largest absolute Gasteiger partial charge is 0.353 e. The second-order valence-corrected chi connectivity index (χ2v) is 7.34. The van der Waals surface area contributed by atoms with E-state index in [4.69, 9.17) is 4.74 Å². The third-order valence-corrected chi connectivity index (χ3v) is 5.71. The zero-order valence-corrected chi connectivity index (χ0v) is 9.61. The van der Waals surface area contributed by atoms with Crippen molar-refractivity contribution in [3.05, 3.63) is 0 Å². The van der Waals surface area contributed by atoms with E-state index in [-0.39, 0.29) is 17.1 Å². The van der Waals surface area contributed by atoms with E-state index in [1.165, 1.54) is 6.42 Å². The predicted molar refractivity (Wildman–Crippen MR) is 56.3 cm³/mol. The predicted octanol–water partition coefficient (Wildman–Crippen LogP) is 0.434. The Bertz CT molecular complexity index is 374. The lowest BCUT2D eigenvalue weighted by Crippen LogP contribution is -2.62. The second-order valence-electron chi connectivity index (χ2n) is 5.15. The summed E-state index contributed by atoms with van der Waals surface area (Å²) in [5.41, 5.74) is -0.525. The molecule has 2 aliphatic heterocycles. The van der Waals surface area contributed by atoms with Crippen molar-refractivity contribution < 1.29 is 13.2 Å². The van der Waals surface area contributed by atoms with Crippen molar-refractivity contribution in [2.45, 2.75) is 43.4 Å². The molecule has 4 nitrogen and oxygen atoms in total. The molecule has 2 spiro atoms. The first-order chi connectivity index (χ1) is 7.04. The molecule has 86 valence electrons. The third-order valence-electron chi connectivity index (χ3n) is 3.97. The lowest BCUT2D eigenvalue weighted by molar-refractivity contribution is -0.220. The van der Waals surface area contributed by atoms with Crippen LogP contribution in [0, 0.1) is 0 Å². The molecule has 2 saturated heterocycles. The highest BCUT2D eigenvalue weighted by atomic mass is 32.2. The van der Waals surface area contributed by atoms with Gasteiger partial charge >= 0.3 is 0 Å².